The average Bonchev–Trinajstić information content (AvgIpc) is 2.20. The maximum atomic E-state index is 5.75. The molecule has 0 spiro atoms. The van der Waals surface area contributed by atoms with Gasteiger partial charge in [0.05, 0.1) is 0 Å². The smallest absolute Gasteiger partial charge is 0.00226 e. The van der Waals surface area contributed by atoms with Crippen LogP contribution in [0.5, 0.6) is 0 Å². The van der Waals surface area contributed by atoms with Crippen LogP contribution >= 0.6 is 0 Å². The van der Waals surface area contributed by atoms with Gasteiger partial charge in [0.1, 0.15) is 0 Å². The molecular weight excluding hydrogens is 194 g/mol. The van der Waals surface area contributed by atoms with Gasteiger partial charge in [0.15, 0.2) is 0 Å². The first-order chi connectivity index (χ1) is 7.43. The molecule has 0 aliphatic rings. The molecule has 1 heteroatoms. The van der Waals surface area contributed by atoms with Crippen molar-refractivity contribution in [1.29, 1.82) is 0 Å². The first-order valence-corrected chi connectivity index (χ1v) is 6.21. The van der Waals surface area contributed by atoms with Crippen LogP contribution in [0.3, 0.4) is 0 Å². The summed E-state index contributed by atoms with van der Waals surface area (Å²) in [5.74, 6) is 0.728. The third-order valence-electron chi connectivity index (χ3n) is 2.90. The van der Waals surface area contributed by atoms with Crippen molar-refractivity contribution in [2.24, 2.45) is 17.1 Å². The van der Waals surface area contributed by atoms with Crippen molar-refractivity contribution in [1.82, 2.24) is 0 Å². The summed E-state index contributed by atoms with van der Waals surface area (Å²) in [5.41, 5.74) is 8.78. The van der Waals surface area contributed by atoms with E-state index >= 15 is 0 Å². The van der Waals surface area contributed by atoms with Crippen LogP contribution in [0.4, 0.5) is 0 Å². The average molecular weight is 219 g/mol. The zero-order chi connectivity index (χ0) is 12.2. The summed E-state index contributed by atoms with van der Waals surface area (Å²) in [6.45, 7) is 9.68. The monoisotopic (exact) mass is 219 g/mol. The van der Waals surface area contributed by atoms with Gasteiger partial charge < -0.3 is 5.73 Å². The third-order valence-corrected chi connectivity index (χ3v) is 2.90. The highest BCUT2D eigenvalue weighted by molar-refractivity contribution is 5.23. The minimum Gasteiger partial charge on any atom is -0.330 e. The Morgan fingerprint density at radius 3 is 2.00 bits per heavy atom. The minimum absolute atomic E-state index is 0.208. The predicted octanol–water partition coefficient (Wildman–Crippen LogP) is 3.41. The minimum atomic E-state index is 0.208. The Hall–Kier alpha value is -0.820. The molecule has 0 heterocycles. The molecule has 0 saturated heterocycles. The summed E-state index contributed by atoms with van der Waals surface area (Å²) >= 11 is 0. The number of hydrogen-bond acceptors (Lipinski definition) is 1. The second-order valence-electron chi connectivity index (χ2n) is 5.96. The van der Waals surface area contributed by atoms with E-state index in [1.165, 1.54) is 17.5 Å². The molecule has 0 amide bonds. The number of hydrogen-bond donors (Lipinski definition) is 1. The van der Waals surface area contributed by atoms with Gasteiger partial charge in [0, 0.05) is 0 Å². The van der Waals surface area contributed by atoms with Crippen molar-refractivity contribution in [3.05, 3.63) is 35.4 Å². The van der Waals surface area contributed by atoms with E-state index in [9.17, 15) is 0 Å². The van der Waals surface area contributed by atoms with E-state index < -0.39 is 0 Å². The lowest BCUT2D eigenvalue weighted by atomic mass is 9.85. The molecule has 0 saturated carbocycles. The zero-order valence-corrected chi connectivity index (χ0v) is 11.1. The molecule has 90 valence electrons. The Labute approximate surface area is 100 Å². The number of benzene rings is 1. The molecule has 2 N–H and O–H groups in total. The van der Waals surface area contributed by atoms with Crippen LogP contribution in [-0.4, -0.2) is 6.54 Å². The van der Waals surface area contributed by atoms with Crippen LogP contribution in [0, 0.1) is 11.3 Å². The second-order valence-corrected chi connectivity index (χ2v) is 5.96. The maximum absolute atomic E-state index is 5.75. The van der Waals surface area contributed by atoms with E-state index in [0.717, 1.165) is 18.9 Å². The summed E-state index contributed by atoms with van der Waals surface area (Å²) in [7, 11) is 0. The lowest BCUT2D eigenvalue weighted by Gasteiger charge is -2.22. The Balaban J connectivity index is 2.64. The maximum Gasteiger partial charge on any atom is -0.00226 e. The van der Waals surface area contributed by atoms with Crippen molar-refractivity contribution in [2.45, 2.75) is 40.5 Å². The first-order valence-electron chi connectivity index (χ1n) is 6.21. The summed E-state index contributed by atoms with van der Waals surface area (Å²) in [6, 6.07) is 8.99. The topological polar surface area (TPSA) is 26.0 Å². The zero-order valence-electron chi connectivity index (χ0n) is 11.1. The van der Waals surface area contributed by atoms with Crippen molar-refractivity contribution < 1.29 is 0 Å². The molecule has 1 aromatic carbocycles. The van der Waals surface area contributed by atoms with Crippen molar-refractivity contribution in [3.8, 4) is 0 Å². The van der Waals surface area contributed by atoms with Crippen molar-refractivity contribution in [2.75, 3.05) is 6.54 Å². The normalized spacial score (nSPS) is 12.1. The van der Waals surface area contributed by atoms with Crippen LogP contribution in [0.2, 0.25) is 0 Å². The molecule has 0 atom stereocenters. The van der Waals surface area contributed by atoms with Gasteiger partial charge in [-0.25, -0.2) is 0 Å². The van der Waals surface area contributed by atoms with Gasteiger partial charge >= 0.3 is 0 Å². The van der Waals surface area contributed by atoms with Crippen molar-refractivity contribution >= 4 is 0 Å². The SMILES string of the molecule is CC(C)Cc1ccc(CC(C)(C)CN)cc1. The molecule has 0 aliphatic carbocycles. The fourth-order valence-electron chi connectivity index (χ4n) is 1.89. The van der Waals surface area contributed by atoms with E-state index in [4.69, 9.17) is 5.73 Å². The first kappa shape index (κ1) is 13.2. The summed E-state index contributed by atoms with van der Waals surface area (Å²) in [4.78, 5) is 0. The molecule has 0 aliphatic heterocycles. The molecule has 0 aromatic heterocycles. The molecule has 0 bridgehead atoms. The Morgan fingerprint density at radius 2 is 1.56 bits per heavy atom. The highest BCUT2D eigenvalue weighted by Crippen LogP contribution is 2.20. The van der Waals surface area contributed by atoms with Gasteiger partial charge in [-0.3, -0.25) is 0 Å². The molecule has 0 radical (unpaired) electrons. The number of nitrogens with two attached hydrogens (primary N) is 1. The van der Waals surface area contributed by atoms with Crippen LogP contribution in [0.1, 0.15) is 38.8 Å². The van der Waals surface area contributed by atoms with E-state index in [-0.39, 0.29) is 5.41 Å². The molecule has 1 nitrogen and oxygen atoms in total. The fraction of sp³-hybridized carbons (Fsp3) is 0.600. The highest BCUT2D eigenvalue weighted by atomic mass is 14.6. The Kier molecular flexibility index (Phi) is 4.55. The van der Waals surface area contributed by atoms with Crippen LogP contribution in [0.15, 0.2) is 24.3 Å². The van der Waals surface area contributed by atoms with E-state index in [1.54, 1.807) is 0 Å². The van der Waals surface area contributed by atoms with Gasteiger partial charge in [-0.05, 0) is 41.8 Å². The lowest BCUT2D eigenvalue weighted by molar-refractivity contribution is 0.377. The molecule has 16 heavy (non-hydrogen) atoms. The highest BCUT2D eigenvalue weighted by Gasteiger charge is 2.15. The van der Waals surface area contributed by atoms with Gasteiger partial charge in [0.2, 0.25) is 0 Å². The van der Waals surface area contributed by atoms with Gasteiger partial charge in [-0.1, -0.05) is 52.0 Å². The second kappa shape index (κ2) is 5.49. The third kappa shape index (κ3) is 4.36. The molecule has 0 fully saturated rings. The molecular formula is C15H25N. The van der Waals surface area contributed by atoms with E-state index in [1.807, 2.05) is 0 Å². The molecule has 0 unspecified atom stereocenters. The van der Waals surface area contributed by atoms with Crippen LogP contribution < -0.4 is 5.73 Å². The van der Waals surface area contributed by atoms with Gasteiger partial charge in [-0.2, -0.15) is 0 Å². The standard InChI is InChI=1S/C15H25N/c1-12(2)9-13-5-7-14(8-6-13)10-15(3,4)11-16/h5-8,12H,9-11,16H2,1-4H3. The fourth-order valence-corrected chi connectivity index (χ4v) is 1.89. The lowest BCUT2D eigenvalue weighted by Crippen LogP contribution is -2.25. The largest absolute Gasteiger partial charge is 0.330 e. The van der Waals surface area contributed by atoms with Crippen LogP contribution in [-0.2, 0) is 12.8 Å². The quantitative estimate of drug-likeness (QED) is 0.807. The summed E-state index contributed by atoms with van der Waals surface area (Å²) in [6.07, 6.45) is 2.23. The van der Waals surface area contributed by atoms with E-state index in [0.29, 0.717) is 0 Å². The van der Waals surface area contributed by atoms with Gasteiger partial charge in [-0.15, -0.1) is 0 Å². The number of rotatable bonds is 5. The molecule has 1 rings (SSSR count). The van der Waals surface area contributed by atoms with Crippen molar-refractivity contribution in [3.63, 3.8) is 0 Å². The van der Waals surface area contributed by atoms with E-state index in [2.05, 4.69) is 52.0 Å². The van der Waals surface area contributed by atoms with Crippen LogP contribution in [0.25, 0.3) is 0 Å². The Bertz CT molecular complexity index is 309. The van der Waals surface area contributed by atoms with Gasteiger partial charge in [0.25, 0.3) is 0 Å². The summed E-state index contributed by atoms with van der Waals surface area (Å²) in [5, 5.41) is 0. The predicted molar refractivity (Wildman–Crippen MR) is 71.5 cm³/mol. The Morgan fingerprint density at radius 1 is 1.06 bits per heavy atom. The summed E-state index contributed by atoms with van der Waals surface area (Å²) < 4.78 is 0. The molecule has 1 aromatic rings.